The zero-order chi connectivity index (χ0) is 7.94. The van der Waals surface area contributed by atoms with Crippen LogP contribution in [0.4, 0.5) is 0 Å². The van der Waals surface area contributed by atoms with Crippen molar-refractivity contribution in [2.24, 2.45) is 5.90 Å². The van der Waals surface area contributed by atoms with Crippen molar-refractivity contribution < 1.29 is 4.84 Å². The molecule has 1 heterocycles. The molecule has 1 rings (SSSR count). The van der Waals surface area contributed by atoms with Crippen LogP contribution in [0.2, 0.25) is 0 Å². The second-order valence-electron chi connectivity index (χ2n) is 3.00. The van der Waals surface area contributed by atoms with Gasteiger partial charge in [-0.15, -0.1) is 0 Å². The smallest absolute Gasteiger partial charge is 0.0679 e. The molecule has 2 nitrogen and oxygen atoms in total. The van der Waals surface area contributed by atoms with E-state index in [0.717, 1.165) is 18.3 Å². The van der Waals surface area contributed by atoms with Crippen LogP contribution in [0, 0.1) is 0 Å². The van der Waals surface area contributed by atoms with Crippen LogP contribution in [0.15, 0.2) is 0 Å². The summed E-state index contributed by atoms with van der Waals surface area (Å²) in [5.74, 6) is 6.29. The largest absolute Gasteiger partial charge is 0.305 e. The quantitative estimate of drug-likeness (QED) is 0.524. The van der Waals surface area contributed by atoms with Crippen molar-refractivity contribution in [2.75, 3.05) is 12.4 Å². The molecule has 11 heavy (non-hydrogen) atoms. The number of rotatable bonds is 4. The molecule has 1 aliphatic rings. The summed E-state index contributed by atoms with van der Waals surface area (Å²) in [6, 6.07) is 0. The van der Waals surface area contributed by atoms with Gasteiger partial charge in [-0.2, -0.15) is 11.8 Å². The van der Waals surface area contributed by atoms with Crippen molar-refractivity contribution in [1.82, 2.24) is 0 Å². The van der Waals surface area contributed by atoms with Gasteiger partial charge in [0.15, 0.2) is 0 Å². The van der Waals surface area contributed by atoms with Gasteiger partial charge < -0.3 is 4.84 Å². The maximum atomic E-state index is 4.94. The molecule has 1 aliphatic heterocycles. The first-order valence-corrected chi connectivity index (χ1v) is 5.41. The molecule has 1 fully saturated rings. The maximum absolute atomic E-state index is 4.94. The molecule has 66 valence electrons. The fraction of sp³-hybridized carbons (Fsp3) is 1.00. The van der Waals surface area contributed by atoms with Crippen molar-refractivity contribution in [3.63, 3.8) is 0 Å². The lowest BCUT2D eigenvalue weighted by Gasteiger charge is -2.20. The minimum atomic E-state index is 0.719. The van der Waals surface area contributed by atoms with Gasteiger partial charge in [0.2, 0.25) is 0 Å². The highest BCUT2D eigenvalue weighted by Crippen LogP contribution is 2.27. The molecular formula is C8H17NOS. The molecule has 3 heteroatoms. The molecule has 1 saturated heterocycles. The number of nitrogens with two attached hydrogens (primary N) is 1. The predicted octanol–water partition coefficient (Wildman–Crippen LogP) is 1.94. The summed E-state index contributed by atoms with van der Waals surface area (Å²) < 4.78 is 0. The number of thioether (sulfide) groups is 1. The van der Waals surface area contributed by atoms with Crippen molar-refractivity contribution in [3.05, 3.63) is 0 Å². The Balaban J connectivity index is 1.96. The fourth-order valence-corrected chi connectivity index (χ4v) is 2.80. The van der Waals surface area contributed by atoms with Crippen molar-refractivity contribution in [1.29, 1.82) is 0 Å². The molecule has 2 N–H and O–H groups in total. The summed E-state index contributed by atoms with van der Waals surface area (Å²) in [5.41, 5.74) is 0. The molecule has 0 spiro atoms. The summed E-state index contributed by atoms with van der Waals surface area (Å²) in [4.78, 5) is 4.52. The van der Waals surface area contributed by atoms with E-state index in [1.807, 2.05) is 0 Å². The third-order valence-electron chi connectivity index (χ3n) is 2.06. The standard InChI is InChI=1S/C8H17NOS/c9-10-6-3-5-8-4-1-2-7-11-8/h8H,1-7,9H2. The van der Waals surface area contributed by atoms with Crippen molar-refractivity contribution >= 4 is 11.8 Å². The average molecular weight is 175 g/mol. The van der Waals surface area contributed by atoms with Crippen LogP contribution < -0.4 is 5.90 Å². The third kappa shape index (κ3) is 3.99. The average Bonchev–Trinajstić information content (AvgIpc) is 2.07. The summed E-state index contributed by atoms with van der Waals surface area (Å²) in [6.45, 7) is 0.719. The molecule has 0 aromatic heterocycles. The van der Waals surface area contributed by atoms with E-state index >= 15 is 0 Å². The second kappa shape index (κ2) is 5.86. The highest BCUT2D eigenvalue weighted by Gasteiger charge is 2.12. The van der Waals surface area contributed by atoms with Gasteiger partial charge in [-0.1, -0.05) is 6.42 Å². The van der Waals surface area contributed by atoms with Gasteiger partial charge in [0.05, 0.1) is 6.61 Å². The van der Waals surface area contributed by atoms with E-state index in [1.54, 1.807) is 0 Å². The Morgan fingerprint density at radius 3 is 3.00 bits per heavy atom. The predicted molar refractivity (Wildman–Crippen MR) is 49.5 cm³/mol. The lowest BCUT2D eigenvalue weighted by atomic mass is 10.1. The maximum Gasteiger partial charge on any atom is 0.0679 e. The zero-order valence-corrected chi connectivity index (χ0v) is 7.74. The minimum absolute atomic E-state index is 0.719. The van der Waals surface area contributed by atoms with E-state index in [-0.39, 0.29) is 0 Å². The van der Waals surface area contributed by atoms with Gasteiger partial charge in [0.1, 0.15) is 0 Å². The van der Waals surface area contributed by atoms with E-state index in [1.165, 1.54) is 31.4 Å². The Morgan fingerprint density at radius 2 is 2.36 bits per heavy atom. The molecule has 1 unspecified atom stereocenters. The monoisotopic (exact) mass is 175 g/mol. The fourth-order valence-electron chi connectivity index (χ4n) is 1.43. The highest BCUT2D eigenvalue weighted by molar-refractivity contribution is 7.99. The highest BCUT2D eigenvalue weighted by atomic mass is 32.2. The SMILES string of the molecule is NOCCCC1CCCCS1. The second-order valence-corrected chi connectivity index (χ2v) is 4.41. The van der Waals surface area contributed by atoms with Crippen LogP contribution in [0.3, 0.4) is 0 Å². The van der Waals surface area contributed by atoms with Crippen LogP contribution in [-0.4, -0.2) is 17.6 Å². The number of hydrogen-bond acceptors (Lipinski definition) is 3. The minimum Gasteiger partial charge on any atom is -0.305 e. The molecule has 0 radical (unpaired) electrons. The first-order chi connectivity index (χ1) is 5.43. The lowest BCUT2D eigenvalue weighted by molar-refractivity contribution is 0.133. The van der Waals surface area contributed by atoms with Gasteiger partial charge in [0.25, 0.3) is 0 Å². The topological polar surface area (TPSA) is 35.2 Å². The van der Waals surface area contributed by atoms with E-state index < -0.39 is 0 Å². The molecule has 0 saturated carbocycles. The van der Waals surface area contributed by atoms with Gasteiger partial charge in [-0.25, -0.2) is 5.90 Å². The van der Waals surface area contributed by atoms with Crippen LogP contribution in [0.5, 0.6) is 0 Å². The summed E-state index contributed by atoms with van der Waals surface area (Å²) in [5, 5.41) is 0.888. The molecule has 0 amide bonds. The van der Waals surface area contributed by atoms with E-state index in [4.69, 9.17) is 5.90 Å². The third-order valence-corrected chi connectivity index (χ3v) is 3.53. The Hall–Kier alpha value is 0.270. The van der Waals surface area contributed by atoms with Gasteiger partial charge in [-0.05, 0) is 31.4 Å². The van der Waals surface area contributed by atoms with Crippen molar-refractivity contribution in [2.45, 2.75) is 37.4 Å². The van der Waals surface area contributed by atoms with Crippen molar-refractivity contribution in [3.8, 4) is 0 Å². The Bertz CT molecular complexity index is 94.1. The van der Waals surface area contributed by atoms with Crippen LogP contribution in [-0.2, 0) is 4.84 Å². The normalized spacial score (nSPS) is 25.4. The van der Waals surface area contributed by atoms with E-state index in [2.05, 4.69) is 16.6 Å². The van der Waals surface area contributed by atoms with E-state index in [0.29, 0.717) is 0 Å². The Labute approximate surface area is 72.8 Å². The van der Waals surface area contributed by atoms with E-state index in [9.17, 15) is 0 Å². The summed E-state index contributed by atoms with van der Waals surface area (Å²) in [7, 11) is 0. The van der Waals surface area contributed by atoms with Gasteiger partial charge in [-0.3, -0.25) is 0 Å². The summed E-state index contributed by atoms with van der Waals surface area (Å²) in [6.07, 6.45) is 6.63. The van der Waals surface area contributed by atoms with Crippen LogP contribution in [0.25, 0.3) is 0 Å². The Morgan fingerprint density at radius 1 is 1.45 bits per heavy atom. The lowest BCUT2D eigenvalue weighted by Crippen LogP contribution is -2.11. The molecule has 0 bridgehead atoms. The molecule has 0 aromatic rings. The van der Waals surface area contributed by atoms with Gasteiger partial charge >= 0.3 is 0 Å². The summed E-state index contributed by atoms with van der Waals surface area (Å²) >= 11 is 2.12. The molecule has 0 aliphatic carbocycles. The van der Waals surface area contributed by atoms with Gasteiger partial charge in [0, 0.05) is 5.25 Å². The first-order valence-electron chi connectivity index (χ1n) is 4.37. The molecular weight excluding hydrogens is 158 g/mol. The Kier molecular flexibility index (Phi) is 4.99. The molecule has 1 atom stereocenters. The number of hydrogen-bond donors (Lipinski definition) is 1. The first kappa shape index (κ1) is 9.36. The zero-order valence-electron chi connectivity index (χ0n) is 6.92. The van der Waals surface area contributed by atoms with Crippen LogP contribution >= 0.6 is 11.8 Å². The molecule has 0 aromatic carbocycles. The van der Waals surface area contributed by atoms with Crippen LogP contribution in [0.1, 0.15) is 32.1 Å².